The molecule has 1 aliphatic heterocycles. The molecule has 0 aliphatic carbocycles. The number of carbonyl (C=O) groups is 2. The summed E-state index contributed by atoms with van der Waals surface area (Å²) < 4.78 is 11.5. The van der Waals surface area contributed by atoms with Gasteiger partial charge in [0.15, 0.2) is 0 Å². The molecule has 0 radical (unpaired) electrons. The van der Waals surface area contributed by atoms with E-state index in [1.807, 2.05) is 39.8 Å². The smallest absolute Gasteiger partial charge is 0.243 e. The van der Waals surface area contributed by atoms with Gasteiger partial charge in [0.1, 0.15) is 23.6 Å². The van der Waals surface area contributed by atoms with Gasteiger partial charge in [0.25, 0.3) is 0 Å². The van der Waals surface area contributed by atoms with E-state index in [1.165, 1.54) is 6.92 Å². The zero-order valence-corrected chi connectivity index (χ0v) is 15.6. The minimum Gasteiger partial charge on any atom is -0.494 e. The molecule has 2 amide bonds. The maximum Gasteiger partial charge on any atom is 0.243 e. The summed E-state index contributed by atoms with van der Waals surface area (Å²) >= 11 is 0. The van der Waals surface area contributed by atoms with Gasteiger partial charge in [-0.2, -0.15) is 0 Å². The predicted molar refractivity (Wildman–Crippen MR) is 95.7 cm³/mol. The number of fused-ring (bicyclic) bond motifs is 1. The van der Waals surface area contributed by atoms with Gasteiger partial charge < -0.3 is 20.1 Å². The summed E-state index contributed by atoms with van der Waals surface area (Å²) in [6.07, 6.45) is 1.01. The molecule has 2 N–H and O–H groups in total. The first-order valence-electron chi connectivity index (χ1n) is 8.81. The monoisotopic (exact) mass is 348 g/mol. The molecule has 0 aromatic heterocycles. The zero-order chi connectivity index (χ0) is 18.6. The average Bonchev–Trinajstić information content (AvgIpc) is 2.88. The van der Waals surface area contributed by atoms with E-state index >= 15 is 0 Å². The van der Waals surface area contributed by atoms with Crippen LogP contribution in [0.4, 0.5) is 0 Å². The Bertz CT molecular complexity index is 643. The summed E-state index contributed by atoms with van der Waals surface area (Å²) in [4.78, 5) is 23.8. The molecule has 0 saturated heterocycles. The van der Waals surface area contributed by atoms with Crippen LogP contribution in [0.3, 0.4) is 0 Å². The van der Waals surface area contributed by atoms with Crippen molar-refractivity contribution in [1.82, 2.24) is 10.6 Å². The van der Waals surface area contributed by atoms with Gasteiger partial charge in [-0.25, -0.2) is 0 Å². The lowest BCUT2D eigenvalue weighted by Gasteiger charge is -2.21. The Balaban J connectivity index is 2.12. The minimum atomic E-state index is -0.557. The Labute approximate surface area is 149 Å². The largest absolute Gasteiger partial charge is 0.494 e. The van der Waals surface area contributed by atoms with Crippen molar-refractivity contribution in [2.45, 2.75) is 59.7 Å². The van der Waals surface area contributed by atoms with Crippen LogP contribution in [-0.2, 0) is 22.6 Å². The summed E-state index contributed by atoms with van der Waals surface area (Å²) in [5.41, 5.74) is 2.00. The van der Waals surface area contributed by atoms with Gasteiger partial charge in [-0.15, -0.1) is 0 Å². The molecule has 1 aromatic rings. The second kappa shape index (κ2) is 8.23. The first kappa shape index (κ1) is 19.1. The Morgan fingerprint density at radius 1 is 1.36 bits per heavy atom. The second-order valence-electron chi connectivity index (χ2n) is 6.77. The summed E-state index contributed by atoms with van der Waals surface area (Å²) in [6.45, 7) is 10.0. The number of nitrogens with one attached hydrogen (secondary N) is 2. The molecule has 1 aliphatic rings. The van der Waals surface area contributed by atoms with Crippen LogP contribution in [0.15, 0.2) is 12.1 Å². The van der Waals surface area contributed by atoms with Crippen LogP contribution in [-0.4, -0.2) is 30.6 Å². The van der Waals surface area contributed by atoms with Crippen molar-refractivity contribution in [2.75, 3.05) is 6.61 Å². The van der Waals surface area contributed by atoms with Crippen molar-refractivity contribution in [1.29, 1.82) is 0 Å². The molecular weight excluding hydrogens is 320 g/mol. The Kier molecular flexibility index (Phi) is 6.28. The van der Waals surface area contributed by atoms with Gasteiger partial charge in [0, 0.05) is 31.0 Å². The minimum absolute atomic E-state index is 0.000495. The molecule has 138 valence electrons. The molecule has 0 bridgehead atoms. The number of hydrogen-bond acceptors (Lipinski definition) is 4. The van der Waals surface area contributed by atoms with Crippen LogP contribution in [0.1, 0.15) is 45.7 Å². The molecule has 0 saturated carbocycles. The van der Waals surface area contributed by atoms with Gasteiger partial charge in [0.05, 0.1) is 6.61 Å². The van der Waals surface area contributed by atoms with Crippen LogP contribution in [0.25, 0.3) is 0 Å². The zero-order valence-electron chi connectivity index (χ0n) is 15.6. The van der Waals surface area contributed by atoms with Crippen molar-refractivity contribution in [3.8, 4) is 11.5 Å². The molecule has 0 spiro atoms. The van der Waals surface area contributed by atoms with E-state index in [4.69, 9.17) is 9.47 Å². The highest BCUT2D eigenvalue weighted by molar-refractivity contribution is 5.87. The number of hydrogen-bond donors (Lipinski definition) is 2. The number of ether oxygens (including phenoxy) is 2. The highest BCUT2D eigenvalue weighted by Gasteiger charge is 2.25. The van der Waals surface area contributed by atoms with E-state index in [1.54, 1.807) is 0 Å². The lowest BCUT2D eigenvalue weighted by atomic mass is 10.0. The Morgan fingerprint density at radius 3 is 2.68 bits per heavy atom. The van der Waals surface area contributed by atoms with Crippen molar-refractivity contribution in [3.63, 3.8) is 0 Å². The van der Waals surface area contributed by atoms with Gasteiger partial charge >= 0.3 is 0 Å². The Hall–Kier alpha value is -2.24. The van der Waals surface area contributed by atoms with Crippen molar-refractivity contribution >= 4 is 11.8 Å². The van der Waals surface area contributed by atoms with Crippen molar-refractivity contribution in [2.24, 2.45) is 5.92 Å². The second-order valence-corrected chi connectivity index (χ2v) is 6.77. The molecule has 6 heteroatoms. The van der Waals surface area contributed by atoms with Gasteiger partial charge in [-0.05, 0) is 31.9 Å². The van der Waals surface area contributed by atoms with Crippen LogP contribution in [0, 0.1) is 5.92 Å². The summed E-state index contributed by atoms with van der Waals surface area (Å²) in [6, 6.07) is 3.38. The first-order valence-corrected chi connectivity index (χ1v) is 8.81. The van der Waals surface area contributed by atoms with Crippen LogP contribution in [0.5, 0.6) is 11.5 Å². The molecule has 25 heavy (non-hydrogen) atoms. The average molecular weight is 348 g/mol. The topological polar surface area (TPSA) is 76.7 Å². The van der Waals surface area contributed by atoms with Crippen LogP contribution in [0.2, 0.25) is 0 Å². The number of amides is 2. The number of carbonyl (C=O) groups excluding carboxylic acids is 2. The summed E-state index contributed by atoms with van der Waals surface area (Å²) in [5, 5.41) is 5.59. The van der Waals surface area contributed by atoms with E-state index in [9.17, 15) is 9.59 Å². The molecule has 2 rings (SSSR count). The fraction of sp³-hybridized carbons (Fsp3) is 0.579. The van der Waals surface area contributed by atoms with E-state index in [2.05, 4.69) is 10.6 Å². The molecule has 2 atom stereocenters. The lowest BCUT2D eigenvalue weighted by molar-refractivity contribution is -0.129. The highest BCUT2D eigenvalue weighted by atomic mass is 16.5. The fourth-order valence-electron chi connectivity index (χ4n) is 2.96. The third kappa shape index (κ3) is 4.87. The van der Waals surface area contributed by atoms with Gasteiger partial charge in [0.2, 0.25) is 11.8 Å². The standard InChI is InChI=1S/C19H28N2O4/c1-6-24-16-8-14-7-12(4)25-17(14)9-15(16)10-20-19(23)18(11(2)3)21-13(5)22/h8-9,11-12,18H,6-7,10H2,1-5H3,(H,20,23)(H,21,22)/t12-,18+/m1/s1. The number of benzene rings is 1. The molecule has 0 fully saturated rings. The first-order chi connectivity index (χ1) is 11.8. The van der Waals surface area contributed by atoms with E-state index in [-0.39, 0.29) is 23.8 Å². The van der Waals surface area contributed by atoms with Crippen molar-refractivity contribution < 1.29 is 19.1 Å². The lowest BCUT2D eigenvalue weighted by Crippen LogP contribution is -2.48. The third-order valence-electron chi connectivity index (χ3n) is 4.14. The van der Waals surface area contributed by atoms with Gasteiger partial charge in [-0.3, -0.25) is 9.59 Å². The molecule has 1 aromatic carbocycles. The fourth-order valence-corrected chi connectivity index (χ4v) is 2.96. The highest BCUT2D eigenvalue weighted by Crippen LogP contribution is 2.35. The van der Waals surface area contributed by atoms with Crippen LogP contribution < -0.4 is 20.1 Å². The number of rotatable bonds is 7. The summed E-state index contributed by atoms with van der Waals surface area (Å²) in [5.74, 6) is 1.19. The molecule has 1 heterocycles. The van der Waals surface area contributed by atoms with Gasteiger partial charge in [-0.1, -0.05) is 13.8 Å². The SMILES string of the molecule is CCOc1cc2c(cc1CNC(=O)[C@@H](NC(C)=O)C(C)C)O[C@H](C)C2. The van der Waals surface area contributed by atoms with E-state index < -0.39 is 6.04 Å². The predicted octanol–water partition coefficient (Wildman–Crippen LogP) is 2.19. The maximum absolute atomic E-state index is 12.5. The van der Waals surface area contributed by atoms with E-state index in [0.717, 1.165) is 29.0 Å². The third-order valence-corrected chi connectivity index (χ3v) is 4.14. The molecule has 0 unspecified atom stereocenters. The molecule has 6 nitrogen and oxygen atoms in total. The summed E-state index contributed by atoms with van der Waals surface area (Å²) in [7, 11) is 0. The molecular formula is C19H28N2O4. The van der Waals surface area contributed by atoms with Crippen molar-refractivity contribution in [3.05, 3.63) is 23.3 Å². The van der Waals surface area contributed by atoms with E-state index in [0.29, 0.717) is 13.2 Å². The van der Waals surface area contributed by atoms with Crippen LogP contribution >= 0.6 is 0 Å². The quantitative estimate of drug-likeness (QED) is 0.792. The Morgan fingerprint density at radius 2 is 2.08 bits per heavy atom. The normalized spacial score (nSPS) is 16.8. The maximum atomic E-state index is 12.5.